The average molecular weight is 206 g/mol. The van der Waals surface area contributed by atoms with Gasteiger partial charge in [0.15, 0.2) is 0 Å². The summed E-state index contributed by atoms with van der Waals surface area (Å²) in [6.45, 7) is 1.93. The molecule has 0 fully saturated rings. The molecule has 0 atom stereocenters. The fourth-order valence-electron chi connectivity index (χ4n) is 1.10. The summed E-state index contributed by atoms with van der Waals surface area (Å²) in [5, 5.41) is 2.51. The summed E-state index contributed by atoms with van der Waals surface area (Å²) in [6.07, 6.45) is 1.71. The quantitative estimate of drug-likeness (QED) is 0.768. The monoisotopic (exact) mass is 206 g/mol. The Morgan fingerprint density at radius 3 is 3.00 bits per heavy atom. The van der Waals surface area contributed by atoms with Gasteiger partial charge in [-0.05, 0) is 19.1 Å². The fraction of sp³-hybridized carbons (Fsp3) is 0.100. The number of nitrogens with zero attached hydrogens (tertiary/aromatic N) is 1. The number of ether oxygens (including phenoxy) is 1. The molecule has 2 aromatic rings. The third-order valence-electron chi connectivity index (χ3n) is 1.93. The van der Waals surface area contributed by atoms with Crippen molar-refractivity contribution in [2.45, 2.75) is 6.92 Å². The molecule has 14 heavy (non-hydrogen) atoms. The molecular weight excluding hydrogens is 196 g/mol. The first-order valence-corrected chi connectivity index (χ1v) is 5.08. The number of thiazole rings is 1. The second kappa shape index (κ2) is 3.67. The van der Waals surface area contributed by atoms with E-state index in [4.69, 9.17) is 10.5 Å². The molecular formula is C10H10N2OS. The molecule has 1 aromatic carbocycles. The van der Waals surface area contributed by atoms with Gasteiger partial charge in [-0.3, -0.25) is 0 Å². The Hall–Kier alpha value is -1.55. The second-order valence-corrected chi connectivity index (χ2v) is 3.73. The van der Waals surface area contributed by atoms with Crippen LogP contribution in [0.1, 0.15) is 5.56 Å². The van der Waals surface area contributed by atoms with Gasteiger partial charge in [-0.15, -0.1) is 0 Å². The Balaban J connectivity index is 2.29. The fourth-order valence-corrected chi connectivity index (χ4v) is 1.59. The predicted molar refractivity (Wildman–Crippen MR) is 57.8 cm³/mol. The number of rotatable bonds is 2. The first kappa shape index (κ1) is 9.02. The van der Waals surface area contributed by atoms with Crippen LogP contribution in [0.15, 0.2) is 29.8 Å². The lowest BCUT2D eigenvalue weighted by atomic mass is 10.2. The van der Waals surface area contributed by atoms with E-state index >= 15 is 0 Å². The Morgan fingerprint density at radius 1 is 1.43 bits per heavy atom. The molecule has 0 aliphatic carbocycles. The van der Waals surface area contributed by atoms with E-state index in [1.165, 1.54) is 11.3 Å². The Bertz CT molecular complexity index is 426. The van der Waals surface area contributed by atoms with E-state index in [0.717, 1.165) is 17.0 Å². The Labute approximate surface area is 86.2 Å². The van der Waals surface area contributed by atoms with E-state index in [0.29, 0.717) is 5.19 Å². The molecule has 0 radical (unpaired) electrons. The average Bonchev–Trinajstić information content (AvgIpc) is 2.66. The molecule has 2 rings (SSSR count). The molecule has 0 saturated carbocycles. The van der Waals surface area contributed by atoms with Crippen LogP contribution in [0.3, 0.4) is 0 Å². The highest BCUT2D eigenvalue weighted by atomic mass is 32.1. The Kier molecular flexibility index (Phi) is 2.37. The van der Waals surface area contributed by atoms with Crippen molar-refractivity contribution in [3.8, 4) is 10.9 Å². The van der Waals surface area contributed by atoms with Gasteiger partial charge in [0.2, 0.25) is 0 Å². The van der Waals surface area contributed by atoms with E-state index in [9.17, 15) is 0 Å². The largest absolute Gasteiger partial charge is 0.431 e. The summed E-state index contributed by atoms with van der Waals surface area (Å²) in [4.78, 5) is 4.04. The minimum Gasteiger partial charge on any atom is -0.431 e. The van der Waals surface area contributed by atoms with E-state index in [1.54, 1.807) is 6.20 Å². The summed E-state index contributed by atoms with van der Waals surface area (Å²) >= 11 is 1.46. The lowest BCUT2D eigenvalue weighted by molar-refractivity contribution is 0.475. The van der Waals surface area contributed by atoms with Gasteiger partial charge >= 0.3 is 0 Å². The first-order chi connectivity index (χ1) is 6.77. The van der Waals surface area contributed by atoms with E-state index in [1.807, 2.05) is 30.5 Å². The van der Waals surface area contributed by atoms with Gasteiger partial charge in [0.05, 0.1) is 0 Å². The maximum Gasteiger partial charge on any atom is 0.278 e. The molecule has 0 aliphatic heterocycles. The van der Waals surface area contributed by atoms with Crippen molar-refractivity contribution < 1.29 is 4.74 Å². The molecule has 0 bridgehead atoms. The van der Waals surface area contributed by atoms with E-state index in [2.05, 4.69) is 4.98 Å². The highest BCUT2D eigenvalue weighted by molar-refractivity contribution is 7.11. The van der Waals surface area contributed by atoms with Crippen LogP contribution in [0.2, 0.25) is 0 Å². The minimum absolute atomic E-state index is 0.638. The van der Waals surface area contributed by atoms with Crippen molar-refractivity contribution in [2.75, 3.05) is 5.73 Å². The standard InChI is InChI=1S/C10H10N2OS/c1-7-8(11)3-2-4-9(7)13-10-12-5-6-14-10/h2-6H,11H2,1H3. The normalized spacial score (nSPS) is 10.1. The number of nitrogen functional groups attached to an aromatic ring is 1. The summed E-state index contributed by atoms with van der Waals surface area (Å²) in [5.74, 6) is 0.764. The number of hydrogen-bond donors (Lipinski definition) is 1. The maximum atomic E-state index is 5.75. The van der Waals surface area contributed by atoms with Gasteiger partial charge in [0, 0.05) is 22.8 Å². The van der Waals surface area contributed by atoms with Crippen LogP contribution in [0.25, 0.3) is 0 Å². The highest BCUT2D eigenvalue weighted by Crippen LogP contribution is 2.28. The van der Waals surface area contributed by atoms with Crippen LogP contribution >= 0.6 is 11.3 Å². The van der Waals surface area contributed by atoms with Gasteiger partial charge in [-0.1, -0.05) is 17.4 Å². The van der Waals surface area contributed by atoms with Crippen LogP contribution in [0.4, 0.5) is 5.69 Å². The second-order valence-electron chi connectivity index (χ2n) is 2.87. The lowest BCUT2D eigenvalue weighted by Crippen LogP contribution is -1.92. The zero-order chi connectivity index (χ0) is 9.97. The van der Waals surface area contributed by atoms with Crippen molar-refractivity contribution in [2.24, 2.45) is 0 Å². The molecule has 0 saturated heterocycles. The molecule has 0 amide bonds. The summed E-state index contributed by atoms with van der Waals surface area (Å²) in [5.41, 5.74) is 7.43. The number of hydrogen-bond acceptors (Lipinski definition) is 4. The van der Waals surface area contributed by atoms with Crippen LogP contribution in [-0.2, 0) is 0 Å². The number of aromatic nitrogens is 1. The molecule has 2 N–H and O–H groups in total. The van der Waals surface area contributed by atoms with Crippen LogP contribution < -0.4 is 10.5 Å². The molecule has 4 heteroatoms. The number of nitrogens with two attached hydrogens (primary N) is 1. The SMILES string of the molecule is Cc1c(N)cccc1Oc1nccs1. The predicted octanol–water partition coefficient (Wildman–Crippen LogP) is 2.83. The summed E-state index contributed by atoms with van der Waals surface area (Å²) in [6, 6.07) is 5.60. The highest BCUT2D eigenvalue weighted by Gasteiger charge is 2.04. The van der Waals surface area contributed by atoms with Gasteiger partial charge in [-0.2, -0.15) is 0 Å². The summed E-state index contributed by atoms with van der Waals surface area (Å²) < 4.78 is 5.56. The van der Waals surface area contributed by atoms with Crippen LogP contribution in [0.5, 0.6) is 10.9 Å². The van der Waals surface area contributed by atoms with Gasteiger partial charge in [0.1, 0.15) is 5.75 Å². The molecule has 0 unspecified atom stereocenters. The van der Waals surface area contributed by atoms with Crippen LogP contribution in [0, 0.1) is 6.92 Å². The van der Waals surface area contributed by atoms with Crippen molar-refractivity contribution >= 4 is 17.0 Å². The van der Waals surface area contributed by atoms with Gasteiger partial charge in [-0.25, -0.2) is 4.98 Å². The molecule has 1 aromatic heterocycles. The van der Waals surface area contributed by atoms with Crippen molar-refractivity contribution in [3.05, 3.63) is 35.3 Å². The third kappa shape index (κ3) is 1.70. The smallest absolute Gasteiger partial charge is 0.278 e. The summed E-state index contributed by atoms with van der Waals surface area (Å²) in [7, 11) is 0. The van der Waals surface area contributed by atoms with Crippen molar-refractivity contribution in [1.82, 2.24) is 4.98 Å². The van der Waals surface area contributed by atoms with Gasteiger partial charge in [0.25, 0.3) is 5.19 Å². The molecule has 0 aliphatic rings. The molecule has 72 valence electrons. The van der Waals surface area contributed by atoms with Crippen molar-refractivity contribution in [3.63, 3.8) is 0 Å². The topological polar surface area (TPSA) is 48.1 Å². The first-order valence-electron chi connectivity index (χ1n) is 4.20. The van der Waals surface area contributed by atoms with Gasteiger partial charge < -0.3 is 10.5 Å². The van der Waals surface area contributed by atoms with Crippen molar-refractivity contribution in [1.29, 1.82) is 0 Å². The zero-order valence-electron chi connectivity index (χ0n) is 7.73. The molecule has 3 nitrogen and oxygen atoms in total. The molecule has 1 heterocycles. The maximum absolute atomic E-state index is 5.75. The lowest BCUT2D eigenvalue weighted by Gasteiger charge is -2.06. The third-order valence-corrected chi connectivity index (χ3v) is 2.58. The Morgan fingerprint density at radius 2 is 2.29 bits per heavy atom. The van der Waals surface area contributed by atoms with E-state index in [-0.39, 0.29) is 0 Å². The zero-order valence-corrected chi connectivity index (χ0v) is 8.54. The minimum atomic E-state index is 0.638. The number of benzene rings is 1. The van der Waals surface area contributed by atoms with Crippen LogP contribution in [-0.4, -0.2) is 4.98 Å². The molecule has 0 spiro atoms. The van der Waals surface area contributed by atoms with E-state index < -0.39 is 0 Å². The number of anilines is 1.